The molecule has 0 aliphatic carbocycles. The van der Waals surface area contributed by atoms with Gasteiger partial charge in [-0.2, -0.15) is 30.7 Å². The van der Waals surface area contributed by atoms with Crippen LogP contribution in [0.4, 0.5) is 74.6 Å². The summed E-state index contributed by atoms with van der Waals surface area (Å²) in [6.45, 7) is 3.75. The molecule has 0 N–H and O–H groups in total. The molecule has 0 amide bonds. The smallest absolute Gasteiger partial charge is 0.432 e. The van der Waals surface area contributed by atoms with Crippen LogP contribution in [0.2, 0.25) is 0 Å². The molecule has 0 saturated carbocycles. The van der Waals surface area contributed by atoms with E-state index < -0.39 is 127 Å². The molecule has 0 aromatic heterocycles. The number of ether oxygens (including phenoxy) is 4. The second-order valence-corrected chi connectivity index (χ2v) is 18.3. The summed E-state index contributed by atoms with van der Waals surface area (Å²) in [4.78, 5) is 0. The lowest BCUT2D eigenvalue weighted by Crippen LogP contribution is -2.25. The molecule has 21 heteroatoms. The van der Waals surface area contributed by atoms with Crippen LogP contribution in [0.3, 0.4) is 0 Å². The fraction of sp³-hybridized carbons (Fsp3) is 0.357. The fourth-order valence-electron chi connectivity index (χ4n) is 8.39. The van der Waals surface area contributed by atoms with E-state index in [0.29, 0.717) is 55.2 Å². The molecule has 0 aliphatic heterocycles. The van der Waals surface area contributed by atoms with Gasteiger partial charge in [0.2, 0.25) is 0 Å². The Kier molecular flexibility index (Phi) is 19.8. The topological polar surface area (TPSA) is 36.9 Å². The standard InChI is InChI=1S/C56H49F17O4/c1-31(13-9-5-3-7-11-19-74-35-15-17-39(43(59)25-35)33-21-45(61)52(46(62)22-33)55(70,71)76-37-27-41(57)32(2)42(58)28-37)14-10-6-4-8-12-20-75-36-16-18-40(44(60)26-36)34-23-47(63)53(48(64)24-34)56(72,73)77-38-29-49(65)51(50(66)30-38)54(67,68)69/h15-18,21-31H,3-14,19-20H2,1-2H3. The van der Waals surface area contributed by atoms with Gasteiger partial charge in [-0.15, -0.1) is 0 Å². The first-order valence-corrected chi connectivity index (χ1v) is 24.3. The normalized spacial score (nSPS) is 12.5. The number of alkyl halides is 7. The van der Waals surface area contributed by atoms with Gasteiger partial charge in [-0.05, 0) is 85.3 Å². The molecule has 0 fully saturated rings. The van der Waals surface area contributed by atoms with Crippen molar-refractivity contribution in [2.24, 2.45) is 5.92 Å². The van der Waals surface area contributed by atoms with Crippen LogP contribution in [0.15, 0.2) is 84.9 Å². The van der Waals surface area contributed by atoms with Crippen LogP contribution in [0.25, 0.3) is 22.3 Å². The quantitative estimate of drug-likeness (QED) is 0.0401. The maximum absolute atomic E-state index is 15.1. The molecular formula is C56H49F17O4. The van der Waals surface area contributed by atoms with E-state index in [1.807, 2.05) is 0 Å². The van der Waals surface area contributed by atoms with E-state index in [1.54, 1.807) is 0 Å². The predicted octanol–water partition coefficient (Wildman–Crippen LogP) is 18.8. The van der Waals surface area contributed by atoms with Crippen molar-refractivity contribution >= 4 is 0 Å². The lowest BCUT2D eigenvalue weighted by molar-refractivity contribution is -0.190. The second-order valence-electron chi connectivity index (χ2n) is 18.3. The number of benzene rings is 6. The SMILES string of the molecule is Cc1c(F)cc(OC(F)(F)c2c(F)cc(-c3ccc(OCCCCCCCC(C)CCCCCCCOc4ccc(-c5cc(F)c(C(F)(F)Oc6cc(F)c(C(F)(F)F)c(F)c6)c(F)c5)c(F)c4)cc3F)cc2F)cc1F. The van der Waals surface area contributed by atoms with E-state index >= 15 is 8.78 Å². The van der Waals surface area contributed by atoms with E-state index in [4.69, 9.17) is 9.47 Å². The highest BCUT2D eigenvalue weighted by atomic mass is 19.4. The molecule has 0 radical (unpaired) electrons. The van der Waals surface area contributed by atoms with Gasteiger partial charge in [-0.3, -0.25) is 0 Å². The van der Waals surface area contributed by atoms with Gasteiger partial charge < -0.3 is 18.9 Å². The molecule has 0 heterocycles. The highest BCUT2D eigenvalue weighted by Gasteiger charge is 2.44. The van der Waals surface area contributed by atoms with Gasteiger partial charge in [0.25, 0.3) is 0 Å². The third kappa shape index (κ3) is 15.7. The van der Waals surface area contributed by atoms with Crippen molar-refractivity contribution in [3.63, 3.8) is 0 Å². The van der Waals surface area contributed by atoms with E-state index in [9.17, 15) is 65.9 Å². The zero-order chi connectivity index (χ0) is 56.4. The highest BCUT2D eigenvalue weighted by molar-refractivity contribution is 5.67. The third-order valence-corrected chi connectivity index (χ3v) is 12.4. The molecule has 0 aliphatic rings. The Morgan fingerprint density at radius 2 is 0.675 bits per heavy atom. The molecule has 6 aromatic rings. The summed E-state index contributed by atoms with van der Waals surface area (Å²) in [7, 11) is 0. The molecule has 6 rings (SSSR count). The zero-order valence-electron chi connectivity index (χ0n) is 41.1. The van der Waals surface area contributed by atoms with Crippen LogP contribution in [-0.2, 0) is 18.4 Å². The Balaban J connectivity index is 0.821. The van der Waals surface area contributed by atoms with Gasteiger partial charge in [-0.1, -0.05) is 71.1 Å². The third-order valence-electron chi connectivity index (χ3n) is 12.4. The molecule has 0 spiro atoms. The zero-order valence-corrected chi connectivity index (χ0v) is 41.1. The summed E-state index contributed by atoms with van der Waals surface area (Å²) in [6, 6.07) is 9.07. The molecule has 0 saturated heterocycles. The average Bonchev–Trinajstić information content (AvgIpc) is 3.32. The maximum Gasteiger partial charge on any atom is 0.432 e. The van der Waals surface area contributed by atoms with Crippen LogP contribution in [0, 0.1) is 71.0 Å². The molecule has 416 valence electrons. The van der Waals surface area contributed by atoms with Crippen LogP contribution in [0.5, 0.6) is 23.0 Å². The minimum Gasteiger partial charge on any atom is -0.493 e. The van der Waals surface area contributed by atoms with Crippen molar-refractivity contribution in [3.8, 4) is 45.3 Å². The van der Waals surface area contributed by atoms with Crippen LogP contribution < -0.4 is 18.9 Å². The van der Waals surface area contributed by atoms with Crippen molar-refractivity contribution < 1.29 is 93.6 Å². The van der Waals surface area contributed by atoms with Crippen LogP contribution >= 0.6 is 0 Å². The fourth-order valence-corrected chi connectivity index (χ4v) is 8.39. The summed E-state index contributed by atoms with van der Waals surface area (Å²) in [6.07, 6.45) is -4.15. The Bertz CT molecular complexity index is 2900. The highest BCUT2D eigenvalue weighted by Crippen LogP contribution is 2.42. The van der Waals surface area contributed by atoms with Gasteiger partial charge in [0.1, 0.15) is 97.9 Å². The van der Waals surface area contributed by atoms with Crippen molar-refractivity contribution in [1.82, 2.24) is 0 Å². The Labute approximate surface area is 431 Å². The average molecular weight is 1110 g/mol. The Hall–Kier alpha value is -6.67. The number of unbranched alkanes of at least 4 members (excludes halogenated alkanes) is 8. The maximum atomic E-state index is 15.1. The summed E-state index contributed by atoms with van der Waals surface area (Å²) in [5, 5.41) is 0. The van der Waals surface area contributed by atoms with Gasteiger partial charge >= 0.3 is 18.4 Å². The summed E-state index contributed by atoms with van der Waals surface area (Å²) in [5.74, 6) is -18.2. The second kappa shape index (κ2) is 25.7. The van der Waals surface area contributed by atoms with E-state index in [2.05, 4.69) is 16.4 Å². The minimum absolute atomic E-state index is 0.0937. The number of hydrogen-bond donors (Lipinski definition) is 0. The van der Waals surface area contributed by atoms with Gasteiger partial charge in [-0.25, -0.2) is 43.9 Å². The predicted molar refractivity (Wildman–Crippen MR) is 251 cm³/mol. The summed E-state index contributed by atoms with van der Waals surface area (Å²) < 4.78 is 263. The molecule has 77 heavy (non-hydrogen) atoms. The van der Waals surface area contributed by atoms with Gasteiger partial charge in [0.05, 0.1) is 13.2 Å². The first-order chi connectivity index (χ1) is 36.2. The van der Waals surface area contributed by atoms with Crippen LogP contribution in [0.1, 0.15) is 106 Å². The molecule has 4 nitrogen and oxygen atoms in total. The Morgan fingerprint density at radius 3 is 1.03 bits per heavy atom. The minimum atomic E-state index is -5.52. The van der Waals surface area contributed by atoms with E-state index in [1.165, 1.54) is 18.2 Å². The first kappa shape index (κ1) is 59.6. The molecule has 6 aromatic carbocycles. The Morgan fingerprint density at radius 1 is 0.364 bits per heavy atom. The van der Waals surface area contributed by atoms with E-state index in [0.717, 1.165) is 89.3 Å². The monoisotopic (exact) mass is 1110 g/mol. The van der Waals surface area contributed by atoms with Crippen molar-refractivity contribution in [2.45, 2.75) is 109 Å². The van der Waals surface area contributed by atoms with Crippen molar-refractivity contribution in [3.05, 3.63) is 165 Å². The van der Waals surface area contributed by atoms with Gasteiger partial charge in [0, 0.05) is 53.1 Å². The molecule has 0 bridgehead atoms. The van der Waals surface area contributed by atoms with E-state index in [-0.39, 0.29) is 42.4 Å². The first-order valence-electron chi connectivity index (χ1n) is 24.3. The molecule has 1 atom stereocenters. The largest absolute Gasteiger partial charge is 0.493 e. The van der Waals surface area contributed by atoms with Crippen LogP contribution in [-0.4, -0.2) is 13.2 Å². The summed E-state index contributed by atoms with van der Waals surface area (Å²) in [5.41, 5.74) is -8.32. The number of halogens is 17. The van der Waals surface area contributed by atoms with Crippen molar-refractivity contribution in [1.29, 1.82) is 0 Å². The van der Waals surface area contributed by atoms with Gasteiger partial charge in [0.15, 0.2) is 0 Å². The lowest BCUT2D eigenvalue weighted by atomic mass is 9.96. The number of hydrogen-bond acceptors (Lipinski definition) is 4. The molecular weight excluding hydrogens is 1060 g/mol. The molecule has 1 unspecified atom stereocenters. The lowest BCUT2D eigenvalue weighted by Gasteiger charge is -2.21. The van der Waals surface area contributed by atoms with Crippen molar-refractivity contribution in [2.75, 3.05) is 13.2 Å². The number of rotatable bonds is 26. The summed E-state index contributed by atoms with van der Waals surface area (Å²) >= 11 is 0.